The lowest BCUT2D eigenvalue weighted by Gasteiger charge is -1.99. The van der Waals surface area contributed by atoms with E-state index in [1.165, 1.54) is 12.3 Å². The Labute approximate surface area is 91.9 Å². The zero-order chi connectivity index (χ0) is 11.4. The third-order valence-electron chi connectivity index (χ3n) is 2.06. The van der Waals surface area contributed by atoms with Gasteiger partial charge in [0.15, 0.2) is 0 Å². The second kappa shape index (κ2) is 4.44. The number of hydrogen-bond acceptors (Lipinski definition) is 3. The van der Waals surface area contributed by atoms with Gasteiger partial charge in [-0.15, -0.1) is 0 Å². The van der Waals surface area contributed by atoms with Crippen LogP contribution in [0.25, 0.3) is 11.8 Å². The number of rotatable bonds is 2. The van der Waals surface area contributed by atoms with Crippen LogP contribution in [0.5, 0.6) is 0 Å². The van der Waals surface area contributed by atoms with Crippen molar-refractivity contribution < 1.29 is 5.11 Å². The van der Waals surface area contributed by atoms with Gasteiger partial charge in [-0.25, -0.2) is 9.78 Å². The minimum atomic E-state index is -0.436. The van der Waals surface area contributed by atoms with Gasteiger partial charge in [0.2, 0.25) is 0 Å². The van der Waals surface area contributed by atoms with E-state index in [1.807, 2.05) is 18.2 Å². The fraction of sp³-hybridized carbons (Fsp3) is 0. The molecule has 16 heavy (non-hydrogen) atoms. The molecule has 4 nitrogen and oxygen atoms in total. The highest BCUT2D eigenvalue weighted by Gasteiger charge is 1.98. The van der Waals surface area contributed by atoms with E-state index in [-0.39, 0.29) is 5.76 Å². The van der Waals surface area contributed by atoms with Gasteiger partial charge in [0.05, 0.1) is 0 Å². The topological polar surface area (TPSA) is 66.0 Å². The molecule has 1 aromatic carbocycles. The van der Waals surface area contributed by atoms with Crippen LogP contribution in [0.3, 0.4) is 0 Å². The smallest absolute Gasteiger partial charge is 0.345 e. The predicted molar refractivity (Wildman–Crippen MR) is 61.8 cm³/mol. The summed E-state index contributed by atoms with van der Waals surface area (Å²) in [6.45, 7) is 0. The first kappa shape index (κ1) is 10.2. The number of nitrogens with zero attached hydrogens (tertiary/aromatic N) is 1. The molecular formula is C12H10N2O2. The molecule has 1 heterocycles. The molecule has 0 amide bonds. The summed E-state index contributed by atoms with van der Waals surface area (Å²) in [5, 5.41) is 9.78. The fourth-order valence-electron chi connectivity index (χ4n) is 1.31. The molecular weight excluding hydrogens is 204 g/mol. The van der Waals surface area contributed by atoms with Gasteiger partial charge in [-0.3, -0.25) is 0 Å². The number of aromatic amines is 1. The van der Waals surface area contributed by atoms with Gasteiger partial charge in [-0.2, -0.15) is 0 Å². The van der Waals surface area contributed by atoms with Crippen LogP contribution < -0.4 is 5.69 Å². The number of aromatic nitrogens is 2. The molecule has 2 aromatic rings. The molecule has 4 heteroatoms. The van der Waals surface area contributed by atoms with Gasteiger partial charge >= 0.3 is 5.69 Å². The van der Waals surface area contributed by atoms with Gasteiger partial charge in [0.1, 0.15) is 5.76 Å². The maximum Gasteiger partial charge on any atom is 0.345 e. The van der Waals surface area contributed by atoms with Crippen molar-refractivity contribution >= 4 is 11.8 Å². The largest absolute Gasteiger partial charge is 0.507 e. The molecule has 0 aliphatic heterocycles. The van der Waals surface area contributed by atoms with Crippen LogP contribution in [-0.4, -0.2) is 15.1 Å². The average molecular weight is 214 g/mol. The van der Waals surface area contributed by atoms with Crippen molar-refractivity contribution in [2.24, 2.45) is 0 Å². The lowest BCUT2D eigenvalue weighted by atomic mass is 10.1. The summed E-state index contributed by atoms with van der Waals surface area (Å²) in [5.41, 5.74) is 0.774. The van der Waals surface area contributed by atoms with E-state index in [1.54, 1.807) is 18.2 Å². The van der Waals surface area contributed by atoms with Crippen LogP contribution in [0.4, 0.5) is 0 Å². The van der Waals surface area contributed by atoms with Crippen LogP contribution in [0.2, 0.25) is 0 Å². The van der Waals surface area contributed by atoms with Gasteiger partial charge in [-0.05, 0) is 6.07 Å². The lowest BCUT2D eigenvalue weighted by Crippen LogP contribution is -2.09. The predicted octanol–water partition coefficient (Wildman–Crippen LogP) is 1.83. The number of aliphatic hydroxyl groups is 1. The van der Waals surface area contributed by atoms with Crippen LogP contribution in [0.15, 0.2) is 47.4 Å². The normalized spacial score (nSPS) is 11.4. The molecule has 0 atom stereocenters. The average Bonchev–Trinajstić information content (AvgIpc) is 2.30. The number of aliphatic hydroxyl groups excluding tert-OH is 1. The van der Waals surface area contributed by atoms with Crippen molar-refractivity contribution in [1.82, 2.24) is 9.97 Å². The highest BCUT2D eigenvalue weighted by Crippen LogP contribution is 2.12. The Kier molecular flexibility index (Phi) is 2.82. The molecule has 0 spiro atoms. The third kappa shape index (κ3) is 2.36. The summed E-state index contributed by atoms with van der Waals surface area (Å²) in [5.74, 6) is 0.0995. The summed E-state index contributed by atoms with van der Waals surface area (Å²) in [6, 6.07) is 10.7. The number of benzene rings is 1. The maximum absolute atomic E-state index is 10.9. The summed E-state index contributed by atoms with van der Waals surface area (Å²) in [4.78, 5) is 16.9. The Morgan fingerprint density at radius 2 is 2.00 bits per heavy atom. The maximum atomic E-state index is 10.9. The van der Waals surface area contributed by atoms with Gasteiger partial charge in [0.25, 0.3) is 0 Å². The zero-order valence-corrected chi connectivity index (χ0v) is 8.42. The van der Waals surface area contributed by atoms with Crippen molar-refractivity contribution in [3.8, 4) is 0 Å². The standard InChI is InChI=1S/C12H10N2O2/c15-11(9-4-2-1-3-5-9)8-10-6-7-13-12(16)14-10/h1-8,15H,(H,13,14,16). The third-order valence-corrected chi connectivity index (χ3v) is 2.06. The second-order valence-electron chi connectivity index (χ2n) is 3.23. The number of hydrogen-bond donors (Lipinski definition) is 2. The van der Waals surface area contributed by atoms with E-state index in [2.05, 4.69) is 9.97 Å². The Bertz CT molecular complexity index is 558. The van der Waals surface area contributed by atoms with Crippen molar-refractivity contribution in [2.45, 2.75) is 0 Å². The van der Waals surface area contributed by atoms with E-state index in [0.29, 0.717) is 11.3 Å². The molecule has 80 valence electrons. The Balaban J connectivity index is 2.35. The molecule has 0 saturated carbocycles. The summed E-state index contributed by atoms with van der Waals surface area (Å²) < 4.78 is 0. The summed E-state index contributed by atoms with van der Waals surface area (Å²) in [7, 11) is 0. The molecule has 0 unspecified atom stereocenters. The van der Waals surface area contributed by atoms with Crippen LogP contribution in [0, 0.1) is 0 Å². The first-order chi connectivity index (χ1) is 7.75. The van der Waals surface area contributed by atoms with Crippen molar-refractivity contribution in [1.29, 1.82) is 0 Å². The minimum absolute atomic E-state index is 0.0995. The molecule has 2 rings (SSSR count). The molecule has 0 aliphatic rings. The van der Waals surface area contributed by atoms with Crippen LogP contribution in [-0.2, 0) is 0 Å². The van der Waals surface area contributed by atoms with Crippen molar-refractivity contribution in [2.75, 3.05) is 0 Å². The highest BCUT2D eigenvalue weighted by atomic mass is 16.3. The van der Waals surface area contributed by atoms with Crippen LogP contribution in [0.1, 0.15) is 11.3 Å². The molecule has 0 fully saturated rings. The van der Waals surface area contributed by atoms with E-state index >= 15 is 0 Å². The van der Waals surface area contributed by atoms with Crippen molar-refractivity contribution in [3.05, 3.63) is 64.3 Å². The Morgan fingerprint density at radius 1 is 1.25 bits per heavy atom. The van der Waals surface area contributed by atoms with Gasteiger partial charge in [-0.1, -0.05) is 30.3 Å². The van der Waals surface area contributed by atoms with E-state index in [9.17, 15) is 9.90 Å². The summed E-state index contributed by atoms with van der Waals surface area (Å²) in [6.07, 6.45) is 2.88. The fourth-order valence-corrected chi connectivity index (χ4v) is 1.31. The molecule has 0 radical (unpaired) electrons. The summed E-state index contributed by atoms with van der Waals surface area (Å²) >= 11 is 0. The van der Waals surface area contributed by atoms with E-state index in [0.717, 1.165) is 0 Å². The first-order valence-electron chi connectivity index (χ1n) is 4.77. The van der Waals surface area contributed by atoms with E-state index < -0.39 is 5.69 Å². The molecule has 1 aromatic heterocycles. The van der Waals surface area contributed by atoms with E-state index in [4.69, 9.17) is 0 Å². The monoisotopic (exact) mass is 214 g/mol. The second-order valence-corrected chi connectivity index (χ2v) is 3.23. The highest BCUT2D eigenvalue weighted by molar-refractivity contribution is 5.74. The Hall–Kier alpha value is -2.36. The molecule has 0 saturated heterocycles. The Morgan fingerprint density at radius 3 is 2.69 bits per heavy atom. The lowest BCUT2D eigenvalue weighted by molar-refractivity contribution is 0.515. The zero-order valence-electron chi connectivity index (χ0n) is 8.42. The number of H-pyrrole nitrogens is 1. The van der Waals surface area contributed by atoms with Gasteiger partial charge in [0, 0.05) is 23.5 Å². The van der Waals surface area contributed by atoms with Crippen LogP contribution >= 0.6 is 0 Å². The molecule has 0 bridgehead atoms. The van der Waals surface area contributed by atoms with Crippen molar-refractivity contribution in [3.63, 3.8) is 0 Å². The molecule has 0 aliphatic carbocycles. The molecule has 2 N–H and O–H groups in total. The SMILES string of the molecule is O=c1nccc(C=C(O)c2ccccc2)[nH]1. The minimum Gasteiger partial charge on any atom is -0.507 e. The van der Waals surface area contributed by atoms with Gasteiger partial charge < -0.3 is 10.1 Å². The quantitative estimate of drug-likeness (QED) is 0.749. The number of nitrogens with one attached hydrogen (secondary N) is 1. The first-order valence-corrected chi connectivity index (χ1v) is 4.77.